The number of nitrogens with zero attached hydrogens (tertiary/aromatic N) is 8. The number of aromatic nitrogens is 8. The highest BCUT2D eigenvalue weighted by atomic mass is 32.2. The van der Waals surface area contributed by atoms with Crippen molar-refractivity contribution in [1.82, 2.24) is 40.4 Å². The number of aryl methyl sites for hydroxylation is 1. The summed E-state index contributed by atoms with van der Waals surface area (Å²) in [4.78, 5) is 0. The van der Waals surface area contributed by atoms with Gasteiger partial charge in [0.1, 0.15) is 0 Å². The molecule has 2 aromatic heterocycles. The average molecular weight is 364 g/mol. The van der Waals surface area contributed by atoms with E-state index in [1.807, 2.05) is 68.4 Å². The molecule has 1 atom stereocenters. The van der Waals surface area contributed by atoms with E-state index >= 15 is 0 Å². The first-order chi connectivity index (χ1) is 12.7. The van der Waals surface area contributed by atoms with Gasteiger partial charge in [0, 0.05) is 0 Å². The zero-order valence-corrected chi connectivity index (χ0v) is 15.1. The summed E-state index contributed by atoms with van der Waals surface area (Å²) in [5.41, 5.74) is 2.97. The van der Waals surface area contributed by atoms with Crippen LogP contribution < -0.4 is 0 Å². The van der Waals surface area contributed by atoms with Crippen LogP contribution in [0.5, 0.6) is 0 Å². The fourth-order valence-corrected chi connectivity index (χ4v) is 3.50. The molecule has 0 saturated heterocycles. The highest BCUT2D eigenvalue weighted by molar-refractivity contribution is 7.99. The van der Waals surface area contributed by atoms with Gasteiger partial charge in [0.25, 0.3) is 0 Å². The van der Waals surface area contributed by atoms with Crippen molar-refractivity contribution in [3.63, 3.8) is 0 Å². The molecule has 0 fully saturated rings. The van der Waals surface area contributed by atoms with Gasteiger partial charge in [-0.05, 0) is 58.5 Å². The number of tetrazole rings is 2. The molecule has 0 spiro atoms. The Balaban J connectivity index is 1.64. The molecule has 4 rings (SSSR count). The molecule has 2 heterocycles. The Bertz CT molecular complexity index is 1010. The Morgan fingerprint density at radius 1 is 0.846 bits per heavy atom. The van der Waals surface area contributed by atoms with Crippen molar-refractivity contribution < 1.29 is 0 Å². The van der Waals surface area contributed by atoms with Crippen LogP contribution in [0.4, 0.5) is 0 Å². The molecule has 0 N–H and O–H groups in total. The van der Waals surface area contributed by atoms with Crippen LogP contribution in [-0.4, -0.2) is 40.4 Å². The SMILES string of the molecule is Cc1ccccc1-n1nnnc1S[C@H](C)c1nnnn1-c1ccccc1. The van der Waals surface area contributed by atoms with Gasteiger partial charge < -0.3 is 0 Å². The van der Waals surface area contributed by atoms with Crippen LogP contribution in [0.25, 0.3) is 11.4 Å². The quantitative estimate of drug-likeness (QED) is 0.503. The molecular weight excluding hydrogens is 348 g/mol. The third-order valence-electron chi connectivity index (χ3n) is 3.92. The first kappa shape index (κ1) is 16.4. The summed E-state index contributed by atoms with van der Waals surface area (Å²) in [6, 6.07) is 17.8. The van der Waals surface area contributed by atoms with Gasteiger partial charge in [-0.3, -0.25) is 0 Å². The molecule has 26 heavy (non-hydrogen) atoms. The Morgan fingerprint density at radius 3 is 2.35 bits per heavy atom. The van der Waals surface area contributed by atoms with Gasteiger partial charge in [-0.15, -0.1) is 10.2 Å². The lowest BCUT2D eigenvalue weighted by Crippen LogP contribution is -2.06. The lowest BCUT2D eigenvalue weighted by molar-refractivity contribution is 0.744. The highest BCUT2D eigenvalue weighted by Crippen LogP contribution is 2.33. The minimum absolute atomic E-state index is 0.0426. The lowest BCUT2D eigenvalue weighted by Gasteiger charge is -2.12. The van der Waals surface area contributed by atoms with Crippen molar-refractivity contribution in [2.24, 2.45) is 0 Å². The second-order valence-corrected chi connectivity index (χ2v) is 7.01. The van der Waals surface area contributed by atoms with Crippen LogP contribution >= 0.6 is 11.8 Å². The lowest BCUT2D eigenvalue weighted by atomic mass is 10.2. The molecule has 0 radical (unpaired) electrons. The predicted molar refractivity (Wildman–Crippen MR) is 97.3 cm³/mol. The number of para-hydroxylation sites is 2. The number of rotatable bonds is 5. The largest absolute Gasteiger partial charge is 0.214 e. The predicted octanol–water partition coefficient (Wildman–Crippen LogP) is 2.80. The fourth-order valence-electron chi connectivity index (χ4n) is 2.62. The van der Waals surface area contributed by atoms with Crippen molar-refractivity contribution in [2.45, 2.75) is 24.3 Å². The Hall–Kier alpha value is -3.07. The van der Waals surface area contributed by atoms with E-state index in [1.165, 1.54) is 11.8 Å². The summed E-state index contributed by atoms with van der Waals surface area (Å²) < 4.78 is 3.48. The van der Waals surface area contributed by atoms with Gasteiger partial charge >= 0.3 is 0 Å². The summed E-state index contributed by atoms with van der Waals surface area (Å²) in [6.45, 7) is 4.07. The molecule has 9 heteroatoms. The highest BCUT2D eigenvalue weighted by Gasteiger charge is 2.21. The summed E-state index contributed by atoms with van der Waals surface area (Å²) in [6.07, 6.45) is 0. The maximum Gasteiger partial charge on any atom is 0.214 e. The van der Waals surface area contributed by atoms with Crippen molar-refractivity contribution in [3.05, 3.63) is 66.0 Å². The smallest absolute Gasteiger partial charge is 0.196 e. The number of hydrogen-bond acceptors (Lipinski definition) is 7. The maximum absolute atomic E-state index is 4.20. The molecule has 0 unspecified atom stereocenters. The fraction of sp³-hybridized carbons (Fsp3) is 0.176. The van der Waals surface area contributed by atoms with Crippen LogP contribution in [0, 0.1) is 6.92 Å². The van der Waals surface area contributed by atoms with E-state index in [9.17, 15) is 0 Å². The average Bonchev–Trinajstić information content (AvgIpc) is 3.32. The van der Waals surface area contributed by atoms with Crippen molar-refractivity contribution in [2.75, 3.05) is 0 Å². The van der Waals surface area contributed by atoms with Gasteiger partial charge in [-0.1, -0.05) is 48.2 Å². The normalized spacial score (nSPS) is 12.2. The third kappa shape index (κ3) is 3.08. The number of hydrogen-bond donors (Lipinski definition) is 0. The molecule has 4 aromatic rings. The monoisotopic (exact) mass is 364 g/mol. The van der Waals surface area contributed by atoms with Crippen molar-refractivity contribution >= 4 is 11.8 Å². The van der Waals surface area contributed by atoms with Crippen molar-refractivity contribution in [1.29, 1.82) is 0 Å². The molecule has 0 amide bonds. The van der Waals surface area contributed by atoms with E-state index in [2.05, 4.69) is 31.1 Å². The van der Waals surface area contributed by atoms with Crippen LogP contribution in [0.2, 0.25) is 0 Å². The van der Waals surface area contributed by atoms with Crippen molar-refractivity contribution in [3.8, 4) is 11.4 Å². The van der Waals surface area contributed by atoms with E-state index < -0.39 is 0 Å². The maximum atomic E-state index is 4.20. The molecule has 0 saturated carbocycles. The molecule has 0 aliphatic carbocycles. The van der Waals surface area contributed by atoms with Gasteiger partial charge in [0.2, 0.25) is 5.16 Å². The minimum Gasteiger partial charge on any atom is -0.196 e. The first-order valence-corrected chi connectivity index (χ1v) is 8.97. The topological polar surface area (TPSA) is 87.2 Å². The molecule has 2 aromatic carbocycles. The number of thioether (sulfide) groups is 1. The van der Waals surface area contributed by atoms with E-state index in [0.29, 0.717) is 5.16 Å². The molecule has 8 nitrogen and oxygen atoms in total. The zero-order chi connectivity index (χ0) is 17.9. The first-order valence-electron chi connectivity index (χ1n) is 8.09. The van der Waals surface area contributed by atoms with Gasteiger partial charge in [0.15, 0.2) is 5.82 Å². The summed E-state index contributed by atoms with van der Waals surface area (Å²) in [5.74, 6) is 0.737. The second-order valence-electron chi connectivity index (χ2n) is 5.70. The van der Waals surface area contributed by atoms with Crippen LogP contribution in [0.1, 0.15) is 23.6 Å². The third-order valence-corrected chi connectivity index (χ3v) is 4.95. The Morgan fingerprint density at radius 2 is 1.54 bits per heavy atom. The standard InChI is InChI=1S/C17H16N8S/c1-12-8-6-7-11-15(12)25-17(19-21-23-25)26-13(2)16-18-20-22-24(16)14-9-4-3-5-10-14/h3-11,13H,1-2H3/t13-/m1/s1. The molecule has 0 aliphatic rings. The molecular formula is C17H16N8S. The van der Waals surface area contributed by atoms with Gasteiger partial charge in [-0.25, -0.2) is 0 Å². The van der Waals surface area contributed by atoms with Crippen LogP contribution in [-0.2, 0) is 0 Å². The summed E-state index contributed by atoms with van der Waals surface area (Å²) in [5, 5.41) is 24.9. The van der Waals surface area contributed by atoms with Gasteiger partial charge in [0.05, 0.1) is 16.6 Å². The van der Waals surface area contributed by atoms with Gasteiger partial charge in [-0.2, -0.15) is 9.36 Å². The number of benzene rings is 2. The van der Waals surface area contributed by atoms with E-state index in [0.717, 1.165) is 22.8 Å². The Kier molecular flexibility index (Phi) is 4.44. The molecule has 130 valence electrons. The summed E-state index contributed by atoms with van der Waals surface area (Å²) >= 11 is 1.51. The second kappa shape index (κ2) is 7.04. The zero-order valence-electron chi connectivity index (χ0n) is 14.3. The molecule has 0 aliphatic heterocycles. The van der Waals surface area contributed by atoms with E-state index in [1.54, 1.807) is 9.36 Å². The van der Waals surface area contributed by atoms with E-state index in [4.69, 9.17) is 0 Å². The minimum atomic E-state index is -0.0426. The molecule has 0 bridgehead atoms. The van der Waals surface area contributed by atoms with Crippen LogP contribution in [0.3, 0.4) is 0 Å². The summed E-state index contributed by atoms with van der Waals surface area (Å²) in [7, 11) is 0. The van der Waals surface area contributed by atoms with Crippen LogP contribution in [0.15, 0.2) is 59.8 Å². The Labute approximate surface area is 154 Å². The van der Waals surface area contributed by atoms with E-state index in [-0.39, 0.29) is 5.25 Å².